The van der Waals surface area contributed by atoms with Gasteiger partial charge in [0.1, 0.15) is 5.69 Å². The lowest BCUT2D eigenvalue weighted by atomic mass is 10.00. The van der Waals surface area contributed by atoms with Crippen molar-refractivity contribution < 1.29 is 4.79 Å². The molecule has 1 N–H and O–H groups in total. The average molecular weight is 329 g/mol. The van der Waals surface area contributed by atoms with Gasteiger partial charge in [-0.1, -0.05) is 18.2 Å². The SMILES string of the molecule is O=C(c1ccc(=O)[nH]n1)N1CCCC(CSc2ccccc2)C1. The predicted octanol–water partition coefficient (Wildman–Crippen LogP) is 2.41. The first-order valence-electron chi connectivity index (χ1n) is 7.75. The molecular weight excluding hydrogens is 310 g/mol. The molecule has 2 heterocycles. The van der Waals surface area contributed by atoms with Crippen molar-refractivity contribution in [3.05, 3.63) is 58.5 Å². The Balaban J connectivity index is 1.58. The van der Waals surface area contributed by atoms with Gasteiger partial charge in [0.05, 0.1) is 0 Å². The quantitative estimate of drug-likeness (QED) is 0.875. The van der Waals surface area contributed by atoms with E-state index in [1.807, 2.05) is 34.9 Å². The van der Waals surface area contributed by atoms with Gasteiger partial charge in [0, 0.05) is 29.8 Å². The van der Waals surface area contributed by atoms with Gasteiger partial charge in [-0.2, -0.15) is 5.10 Å². The number of H-pyrrole nitrogens is 1. The number of hydrogen-bond donors (Lipinski definition) is 1. The second-order valence-electron chi connectivity index (χ2n) is 5.69. The first-order valence-corrected chi connectivity index (χ1v) is 8.74. The Morgan fingerprint density at radius 1 is 1.26 bits per heavy atom. The van der Waals surface area contributed by atoms with Crippen LogP contribution in [0, 0.1) is 5.92 Å². The zero-order chi connectivity index (χ0) is 16.1. The smallest absolute Gasteiger partial charge is 0.274 e. The molecule has 1 fully saturated rings. The number of piperidine rings is 1. The third kappa shape index (κ3) is 4.22. The molecular formula is C17H19N3O2S. The van der Waals surface area contributed by atoms with Crippen LogP contribution >= 0.6 is 11.8 Å². The van der Waals surface area contributed by atoms with Gasteiger partial charge in [0.25, 0.3) is 11.5 Å². The van der Waals surface area contributed by atoms with E-state index in [1.165, 1.54) is 17.0 Å². The predicted molar refractivity (Wildman–Crippen MR) is 90.7 cm³/mol. The number of carbonyl (C=O) groups excluding carboxylic acids is 1. The number of hydrogen-bond acceptors (Lipinski definition) is 4. The maximum absolute atomic E-state index is 12.5. The van der Waals surface area contributed by atoms with E-state index < -0.39 is 0 Å². The van der Waals surface area contributed by atoms with Gasteiger partial charge in [0.2, 0.25) is 0 Å². The van der Waals surface area contributed by atoms with Crippen LogP contribution in [0.25, 0.3) is 0 Å². The van der Waals surface area contributed by atoms with Gasteiger partial charge in [-0.25, -0.2) is 5.10 Å². The molecule has 23 heavy (non-hydrogen) atoms. The normalized spacial score (nSPS) is 17.9. The van der Waals surface area contributed by atoms with Crippen LogP contribution in [0.15, 0.2) is 52.2 Å². The molecule has 1 aliphatic heterocycles. The average Bonchev–Trinajstić information content (AvgIpc) is 2.61. The molecule has 1 unspecified atom stereocenters. The second kappa shape index (κ2) is 7.46. The second-order valence-corrected chi connectivity index (χ2v) is 6.78. The number of nitrogens with one attached hydrogen (secondary N) is 1. The lowest BCUT2D eigenvalue weighted by molar-refractivity contribution is 0.0678. The Hall–Kier alpha value is -2.08. The topological polar surface area (TPSA) is 66.1 Å². The summed E-state index contributed by atoms with van der Waals surface area (Å²) >= 11 is 1.84. The number of benzene rings is 1. The number of nitrogens with zero attached hydrogens (tertiary/aromatic N) is 2. The zero-order valence-corrected chi connectivity index (χ0v) is 13.6. The van der Waals surface area contributed by atoms with Crippen LogP contribution in [0.1, 0.15) is 23.3 Å². The fraction of sp³-hybridized carbons (Fsp3) is 0.353. The Kier molecular flexibility index (Phi) is 5.12. The van der Waals surface area contributed by atoms with Crippen molar-refractivity contribution >= 4 is 17.7 Å². The molecule has 1 atom stereocenters. The van der Waals surface area contributed by atoms with E-state index in [1.54, 1.807) is 0 Å². The number of amides is 1. The highest BCUT2D eigenvalue weighted by atomic mass is 32.2. The van der Waals surface area contributed by atoms with Crippen molar-refractivity contribution in [2.45, 2.75) is 17.7 Å². The summed E-state index contributed by atoms with van der Waals surface area (Å²) in [6.07, 6.45) is 2.15. The van der Waals surface area contributed by atoms with Gasteiger partial charge in [-0.15, -0.1) is 11.8 Å². The number of carbonyl (C=O) groups is 1. The Labute approximate surface area is 139 Å². The maximum Gasteiger partial charge on any atom is 0.274 e. The fourth-order valence-electron chi connectivity index (χ4n) is 2.74. The van der Waals surface area contributed by atoms with Crippen LogP contribution in [-0.2, 0) is 0 Å². The number of likely N-dealkylation sites (tertiary alicyclic amines) is 1. The van der Waals surface area contributed by atoms with Crippen molar-refractivity contribution in [3.63, 3.8) is 0 Å². The van der Waals surface area contributed by atoms with E-state index >= 15 is 0 Å². The number of thioether (sulfide) groups is 1. The van der Waals surface area contributed by atoms with Crippen LogP contribution in [0.5, 0.6) is 0 Å². The van der Waals surface area contributed by atoms with E-state index in [0.29, 0.717) is 11.6 Å². The summed E-state index contributed by atoms with van der Waals surface area (Å²) < 4.78 is 0. The van der Waals surface area contributed by atoms with E-state index in [2.05, 4.69) is 22.3 Å². The minimum Gasteiger partial charge on any atom is -0.337 e. The summed E-state index contributed by atoms with van der Waals surface area (Å²) in [6.45, 7) is 1.51. The standard InChI is InChI=1S/C17H19N3O2S/c21-16-9-8-15(18-19-16)17(22)20-10-4-5-13(11-20)12-23-14-6-2-1-3-7-14/h1-3,6-9,13H,4-5,10-12H2,(H,19,21). The molecule has 1 aromatic carbocycles. The van der Waals surface area contributed by atoms with Crippen LogP contribution in [0.4, 0.5) is 0 Å². The highest BCUT2D eigenvalue weighted by molar-refractivity contribution is 7.99. The minimum absolute atomic E-state index is 0.101. The van der Waals surface area contributed by atoms with E-state index in [0.717, 1.165) is 31.7 Å². The Morgan fingerprint density at radius 2 is 2.09 bits per heavy atom. The van der Waals surface area contributed by atoms with Crippen molar-refractivity contribution in [2.75, 3.05) is 18.8 Å². The van der Waals surface area contributed by atoms with Gasteiger partial charge < -0.3 is 4.90 Å². The molecule has 1 saturated heterocycles. The molecule has 5 nitrogen and oxygen atoms in total. The van der Waals surface area contributed by atoms with Crippen molar-refractivity contribution in [1.29, 1.82) is 0 Å². The Morgan fingerprint density at radius 3 is 2.83 bits per heavy atom. The number of aromatic nitrogens is 2. The number of aromatic amines is 1. The molecule has 1 amide bonds. The van der Waals surface area contributed by atoms with E-state index in [4.69, 9.17) is 0 Å². The molecule has 0 aliphatic carbocycles. The molecule has 1 aliphatic rings. The molecule has 0 saturated carbocycles. The molecule has 0 radical (unpaired) electrons. The van der Waals surface area contributed by atoms with E-state index in [-0.39, 0.29) is 11.5 Å². The summed E-state index contributed by atoms with van der Waals surface area (Å²) in [7, 11) is 0. The lowest BCUT2D eigenvalue weighted by Gasteiger charge is -2.32. The number of rotatable bonds is 4. The Bertz CT molecular complexity index is 697. The molecule has 3 rings (SSSR count). The highest BCUT2D eigenvalue weighted by Gasteiger charge is 2.25. The van der Waals surface area contributed by atoms with Crippen molar-refractivity contribution in [2.24, 2.45) is 5.92 Å². The largest absolute Gasteiger partial charge is 0.337 e. The molecule has 0 spiro atoms. The molecule has 2 aromatic rings. The van der Waals surface area contributed by atoms with Crippen LogP contribution < -0.4 is 5.56 Å². The minimum atomic E-state index is -0.294. The molecule has 6 heteroatoms. The fourth-order valence-corrected chi connectivity index (χ4v) is 3.79. The molecule has 0 bridgehead atoms. The monoisotopic (exact) mass is 329 g/mol. The van der Waals surface area contributed by atoms with Crippen molar-refractivity contribution in [3.8, 4) is 0 Å². The van der Waals surface area contributed by atoms with Gasteiger partial charge >= 0.3 is 0 Å². The first kappa shape index (κ1) is 15.8. The third-order valence-corrected chi connectivity index (χ3v) is 5.18. The van der Waals surface area contributed by atoms with Crippen LogP contribution in [0.3, 0.4) is 0 Å². The van der Waals surface area contributed by atoms with Gasteiger partial charge in [-0.05, 0) is 37.0 Å². The summed E-state index contributed by atoms with van der Waals surface area (Å²) in [5.41, 5.74) is 0.0123. The summed E-state index contributed by atoms with van der Waals surface area (Å²) in [5, 5.41) is 6.16. The van der Waals surface area contributed by atoms with Crippen molar-refractivity contribution in [1.82, 2.24) is 15.1 Å². The third-order valence-electron chi connectivity index (χ3n) is 3.93. The van der Waals surface area contributed by atoms with Gasteiger partial charge in [-0.3, -0.25) is 9.59 Å². The summed E-state index contributed by atoms with van der Waals surface area (Å²) in [6, 6.07) is 13.2. The van der Waals surface area contributed by atoms with Crippen LogP contribution in [0.2, 0.25) is 0 Å². The highest BCUT2D eigenvalue weighted by Crippen LogP contribution is 2.26. The summed E-state index contributed by atoms with van der Waals surface area (Å²) in [5.74, 6) is 1.39. The molecule has 120 valence electrons. The van der Waals surface area contributed by atoms with E-state index in [9.17, 15) is 9.59 Å². The first-order chi connectivity index (χ1) is 11.2. The van der Waals surface area contributed by atoms with Gasteiger partial charge in [0.15, 0.2) is 0 Å². The maximum atomic E-state index is 12.5. The lowest BCUT2D eigenvalue weighted by Crippen LogP contribution is -2.41. The molecule has 1 aromatic heterocycles. The summed E-state index contributed by atoms with van der Waals surface area (Å²) in [4.78, 5) is 26.6. The van der Waals surface area contributed by atoms with Crippen LogP contribution in [-0.4, -0.2) is 39.8 Å². The zero-order valence-electron chi connectivity index (χ0n) is 12.8.